The maximum atomic E-state index is 11.4. The molecule has 0 unspecified atom stereocenters. The molecule has 0 spiro atoms. The quantitative estimate of drug-likeness (QED) is 0.429. The van der Waals surface area contributed by atoms with Gasteiger partial charge in [0.1, 0.15) is 0 Å². The highest BCUT2D eigenvalue weighted by Crippen LogP contribution is 1.99. The van der Waals surface area contributed by atoms with Crippen molar-refractivity contribution >= 4 is 18.6 Å². The summed E-state index contributed by atoms with van der Waals surface area (Å²) < 4.78 is 4.67. The first kappa shape index (κ1) is 12.0. The third-order valence-electron chi connectivity index (χ3n) is 2.08. The van der Waals surface area contributed by atoms with Crippen LogP contribution in [0.3, 0.4) is 0 Å². The smallest absolute Gasteiger partial charge is 0.337 e. The number of ether oxygens (including phenoxy) is 1. The van der Waals surface area contributed by atoms with Gasteiger partial charge in [0.05, 0.1) is 12.7 Å². The summed E-state index contributed by atoms with van der Waals surface area (Å²) in [5.41, 5.74) is 0.452. The molecule has 0 aliphatic heterocycles. The van der Waals surface area contributed by atoms with Gasteiger partial charge in [-0.05, 0) is 22.6 Å². The molecule has 0 aliphatic carbocycles. The number of benzene rings is 1. The molecule has 0 radical (unpaired) electrons. The van der Waals surface area contributed by atoms with Crippen LogP contribution in [0.2, 0.25) is 0 Å². The Morgan fingerprint density at radius 1 is 1.38 bits per heavy atom. The molecule has 0 aliphatic rings. The van der Waals surface area contributed by atoms with Gasteiger partial charge in [0.25, 0.3) is 0 Å². The summed E-state index contributed by atoms with van der Waals surface area (Å²) in [7, 11) is 1.35. The van der Waals surface area contributed by atoms with Gasteiger partial charge in [0.2, 0.25) is 0 Å². The Labute approximate surface area is 94.9 Å². The predicted molar refractivity (Wildman–Crippen MR) is 66.0 cm³/mol. The number of esters is 1. The number of rotatable bonds is 3. The average Bonchev–Trinajstić information content (AvgIpc) is 2.30. The van der Waals surface area contributed by atoms with Gasteiger partial charge in [-0.1, -0.05) is 43.5 Å². The first-order valence-electron chi connectivity index (χ1n) is 4.86. The molecular formula is C14H14O2. The Hall–Kier alpha value is -2.09. The molecule has 0 saturated carbocycles. The van der Waals surface area contributed by atoms with Crippen LogP contribution in [0.15, 0.2) is 48.6 Å². The van der Waals surface area contributed by atoms with Gasteiger partial charge >= 0.3 is 5.97 Å². The van der Waals surface area contributed by atoms with Crippen LogP contribution in [0, 0.1) is 0 Å². The average molecular weight is 214 g/mol. The molecule has 0 atom stereocenters. The van der Waals surface area contributed by atoms with Crippen molar-refractivity contribution in [2.45, 2.75) is 0 Å². The summed E-state index contributed by atoms with van der Waals surface area (Å²) in [6, 6.07) is 7.56. The lowest BCUT2D eigenvalue weighted by molar-refractivity contribution is -0.135. The Morgan fingerprint density at radius 3 is 2.62 bits per heavy atom. The minimum absolute atomic E-state index is 0.386. The maximum absolute atomic E-state index is 11.4. The van der Waals surface area contributed by atoms with E-state index in [1.54, 1.807) is 18.2 Å². The highest BCUT2D eigenvalue weighted by molar-refractivity contribution is 5.97. The molecular weight excluding hydrogens is 200 g/mol. The monoisotopic (exact) mass is 214 g/mol. The van der Waals surface area contributed by atoms with Crippen LogP contribution in [0.5, 0.6) is 0 Å². The van der Waals surface area contributed by atoms with Gasteiger partial charge in [0, 0.05) is 0 Å². The van der Waals surface area contributed by atoms with Crippen LogP contribution in [0.4, 0.5) is 0 Å². The first-order chi connectivity index (χ1) is 7.69. The molecule has 0 saturated heterocycles. The number of hydrogen-bond donors (Lipinski definition) is 0. The second kappa shape index (κ2) is 5.71. The fraction of sp³-hybridized carbons (Fsp3) is 0.0714. The largest absolute Gasteiger partial charge is 0.465 e. The third-order valence-corrected chi connectivity index (χ3v) is 2.08. The van der Waals surface area contributed by atoms with Crippen LogP contribution >= 0.6 is 0 Å². The number of allylic oxidation sites excluding steroid dienone is 2. The summed E-state index contributed by atoms with van der Waals surface area (Å²) in [6.45, 7) is 7.44. The van der Waals surface area contributed by atoms with Crippen molar-refractivity contribution in [3.8, 4) is 0 Å². The minimum atomic E-state index is -0.386. The number of carbonyl (C=O) groups is 1. The van der Waals surface area contributed by atoms with Crippen molar-refractivity contribution in [1.82, 2.24) is 0 Å². The van der Waals surface area contributed by atoms with E-state index in [4.69, 9.17) is 0 Å². The lowest BCUT2D eigenvalue weighted by Gasteiger charge is -1.98. The molecule has 0 fully saturated rings. The number of hydrogen-bond acceptors (Lipinski definition) is 2. The molecule has 1 rings (SSSR count). The van der Waals surface area contributed by atoms with Crippen molar-refractivity contribution < 1.29 is 9.53 Å². The van der Waals surface area contributed by atoms with Crippen LogP contribution in [-0.2, 0) is 9.53 Å². The number of carbonyl (C=O) groups excluding carboxylic acids is 1. The zero-order valence-electron chi connectivity index (χ0n) is 9.27. The SMILES string of the molecule is C=C/C=C(\C=c1\ccccc1=C)C(=O)OC. The summed E-state index contributed by atoms with van der Waals surface area (Å²) >= 11 is 0. The molecule has 16 heavy (non-hydrogen) atoms. The molecule has 0 N–H and O–H groups in total. The van der Waals surface area contributed by atoms with E-state index in [1.807, 2.05) is 24.3 Å². The van der Waals surface area contributed by atoms with Gasteiger partial charge in [-0.2, -0.15) is 0 Å². The topological polar surface area (TPSA) is 26.3 Å². The van der Waals surface area contributed by atoms with Crippen molar-refractivity contribution in [2.24, 2.45) is 0 Å². The lowest BCUT2D eigenvalue weighted by atomic mass is 10.1. The van der Waals surface area contributed by atoms with E-state index >= 15 is 0 Å². The zero-order valence-corrected chi connectivity index (χ0v) is 9.27. The molecule has 2 heteroatoms. The molecule has 0 bridgehead atoms. The molecule has 2 nitrogen and oxygen atoms in total. The van der Waals surface area contributed by atoms with Gasteiger partial charge < -0.3 is 4.74 Å². The van der Waals surface area contributed by atoms with E-state index in [9.17, 15) is 4.79 Å². The van der Waals surface area contributed by atoms with E-state index < -0.39 is 0 Å². The fourth-order valence-corrected chi connectivity index (χ4v) is 1.26. The molecule has 0 heterocycles. The van der Waals surface area contributed by atoms with Gasteiger partial charge in [-0.25, -0.2) is 4.79 Å². The summed E-state index contributed by atoms with van der Waals surface area (Å²) in [4.78, 5) is 11.4. The fourth-order valence-electron chi connectivity index (χ4n) is 1.26. The second-order valence-corrected chi connectivity index (χ2v) is 3.19. The van der Waals surface area contributed by atoms with E-state index in [1.165, 1.54) is 7.11 Å². The summed E-state index contributed by atoms with van der Waals surface area (Å²) in [6.07, 6.45) is 4.89. The standard InChI is InChI=1S/C14H14O2/c1-4-7-13(14(15)16-3)10-12-9-6-5-8-11(12)2/h4-10H,1-2H2,3H3/b12-10-,13-7+. The Bertz CT molecular complexity index is 524. The second-order valence-electron chi connectivity index (χ2n) is 3.19. The van der Waals surface area contributed by atoms with Crippen molar-refractivity contribution in [3.05, 3.63) is 59.0 Å². The van der Waals surface area contributed by atoms with E-state index in [2.05, 4.69) is 17.9 Å². The number of methoxy groups -OCH3 is 1. The van der Waals surface area contributed by atoms with Crippen LogP contribution in [-0.4, -0.2) is 13.1 Å². The van der Waals surface area contributed by atoms with Crippen LogP contribution in [0.1, 0.15) is 0 Å². The molecule has 1 aromatic rings. The Morgan fingerprint density at radius 2 is 2.06 bits per heavy atom. The summed E-state index contributed by atoms with van der Waals surface area (Å²) in [5.74, 6) is -0.386. The van der Waals surface area contributed by atoms with Crippen molar-refractivity contribution in [3.63, 3.8) is 0 Å². The van der Waals surface area contributed by atoms with E-state index in [0.717, 1.165) is 10.4 Å². The summed E-state index contributed by atoms with van der Waals surface area (Å²) in [5, 5.41) is 1.75. The van der Waals surface area contributed by atoms with E-state index in [0.29, 0.717) is 5.57 Å². The molecule has 1 aromatic carbocycles. The lowest BCUT2D eigenvalue weighted by Crippen LogP contribution is -2.23. The van der Waals surface area contributed by atoms with Crippen molar-refractivity contribution in [2.75, 3.05) is 7.11 Å². The normalized spacial score (nSPS) is 12.3. The predicted octanol–water partition coefficient (Wildman–Crippen LogP) is 1.16. The van der Waals surface area contributed by atoms with Gasteiger partial charge in [-0.3, -0.25) is 0 Å². The Kier molecular flexibility index (Phi) is 4.28. The van der Waals surface area contributed by atoms with Crippen LogP contribution < -0.4 is 10.4 Å². The highest BCUT2D eigenvalue weighted by Gasteiger charge is 2.04. The zero-order chi connectivity index (χ0) is 12.0. The van der Waals surface area contributed by atoms with Crippen LogP contribution in [0.25, 0.3) is 12.7 Å². The van der Waals surface area contributed by atoms with Crippen molar-refractivity contribution in [1.29, 1.82) is 0 Å². The highest BCUT2D eigenvalue weighted by atomic mass is 16.5. The molecule has 0 amide bonds. The van der Waals surface area contributed by atoms with Gasteiger partial charge in [0.15, 0.2) is 0 Å². The first-order valence-corrected chi connectivity index (χ1v) is 4.86. The van der Waals surface area contributed by atoms with E-state index in [-0.39, 0.29) is 5.97 Å². The van der Waals surface area contributed by atoms with Gasteiger partial charge in [-0.15, -0.1) is 0 Å². The third kappa shape index (κ3) is 2.95. The molecule has 0 aromatic heterocycles. The molecule has 82 valence electrons. The Balaban J connectivity index is 3.29. The minimum Gasteiger partial charge on any atom is -0.465 e. The maximum Gasteiger partial charge on any atom is 0.337 e.